The summed E-state index contributed by atoms with van der Waals surface area (Å²) in [7, 11) is -3.11. The third-order valence-corrected chi connectivity index (χ3v) is 11.7. The molecule has 0 aromatic heterocycles. The van der Waals surface area contributed by atoms with Crippen LogP contribution in [0.3, 0.4) is 0 Å². The highest BCUT2D eigenvalue weighted by molar-refractivity contribution is 6.70. The highest BCUT2D eigenvalue weighted by atomic mass is 28.4. The summed E-state index contributed by atoms with van der Waals surface area (Å²) in [5.74, 6) is 3.38. The van der Waals surface area contributed by atoms with E-state index < -0.39 is 16.6 Å². The zero-order valence-corrected chi connectivity index (χ0v) is 24.0. The molecule has 4 heteroatoms. The lowest BCUT2D eigenvalue weighted by Gasteiger charge is -2.62. The summed E-state index contributed by atoms with van der Waals surface area (Å²) >= 11 is 0. The summed E-state index contributed by atoms with van der Waals surface area (Å²) in [6.45, 7) is 21.9. The van der Waals surface area contributed by atoms with Crippen LogP contribution in [0.25, 0.3) is 0 Å². The Morgan fingerprint density at radius 1 is 0.935 bits per heavy atom. The van der Waals surface area contributed by atoms with E-state index in [-0.39, 0.29) is 0 Å². The normalized spacial score (nSPS) is 45.5. The molecule has 4 aliphatic rings. The van der Waals surface area contributed by atoms with Gasteiger partial charge in [-0.15, -0.1) is 0 Å². The third kappa shape index (κ3) is 4.45. The maximum atomic E-state index is 7.12. The Morgan fingerprint density at radius 2 is 1.61 bits per heavy atom. The maximum absolute atomic E-state index is 7.12. The SMILES string of the molecule is CC[C@H]1CCC2C3CCC4=C[C@@H](O[Si](C)(C)C)CC[C@]4(C)C3[C@@H](O[Si](C)(C)C)C[C@@]21C. The molecule has 0 radical (unpaired) electrons. The van der Waals surface area contributed by atoms with E-state index in [2.05, 4.69) is 66.1 Å². The lowest BCUT2D eigenvalue weighted by molar-refractivity contribution is -0.123. The fourth-order valence-corrected chi connectivity index (χ4v) is 10.9. The number of hydrogen-bond acceptors (Lipinski definition) is 2. The molecule has 3 saturated carbocycles. The minimum Gasteiger partial charge on any atom is -0.414 e. The van der Waals surface area contributed by atoms with Gasteiger partial charge in [0.1, 0.15) is 0 Å². The molecule has 4 rings (SSSR count). The van der Waals surface area contributed by atoms with E-state index in [0.717, 1.165) is 17.8 Å². The van der Waals surface area contributed by atoms with Crippen molar-refractivity contribution in [2.45, 2.75) is 124 Å². The molecular formula is C27H50O2Si2. The van der Waals surface area contributed by atoms with Gasteiger partial charge < -0.3 is 8.85 Å². The van der Waals surface area contributed by atoms with Crippen molar-refractivity contribution < 1.29 is 8.85 Å². The van der Waals surface area contributed by atoms with Gasteiger partial charge in [-0.05, 0) is 119 Å². The largest absolute Gasteiger partial charge is 0.414 e. The summed E-state index contributed by atoms with van der Waals surface area (Å²) in [4.78, 5) is 0. The number of fused-ring (bicyclic) bond motifs is 5. The first-order valence-electron chi connectivity index (χ1n) is 13.3. The highest BCUT2D eigenvalue weighted by Gasteiger charge is 2.62. The van der Waals surface area contributed by atoms with Crippen LogP contribution in [0.4, 0.5) is 0 Å². The molecule has 0 aliphatic heterocycles. The Kier molecular flexibility index (Phi) is 6.33. The van der Waals surface area contributed by atoms with Crippen LogP contribution in [0.2, 0.25) is 39.3 Å². The van der Waals surface area contributed by atoms with E-state index in [9.17, 15) is 0 Å². The van der Waals surface area contributed by atoms with Crippen LogP contribution in [0.15, 0.2) is 11.6 Å². The van der Waals surface area contributed by atoms with Gasteiger partial charge in [0.25, 0.3) is 0 Å². The predicted molar refractivity (Wildman–Crippen MR) is 137 cm³/mol. The molecule has 0 amide bonds. The standard InChI is InChI=1S/C27H50O2Si2/c1-10-19-12-14-23-22-13-11-20-17-21(28-30(4,5)6)15-16-26(20,2)25(22)24(18-27(19,23)3)29-31(7,8)9/h17,19,21-25H,10-16,18H2,1-9H3/t19-,21-,22?,23?,24-,25?,26-,27+/m0/s1. The monoisotopic (exact) mass is 462 g/mol. The predicted octanol–water partition coefficient (Wildman–Crippen LogP) is 8.03. The van der Waals surface area contributed by atoms with E-state index in [1.54, 1.807) is 5.57 Å². The van der Waals surface area contributed by atoms with Gasteiger partial charge in [-0.3, -0.25) is 0 Å². The van der Waals surface area contributed by atoms with E-state index in [1.165, 1.54) is 51.4 Å². The average Bonchev–Trinajstić information content (AvgIpc) is 2.95. The molecule has 3 fully saturated rings. The van der Waals surface area contributed by atoms with Gasteiger partial charge in [-0.2, -0.15) is 0 Å². The van der Waals surface area contributed by atoms with Gasteiger partial charge in [0.15, 0.2) is 16.6 Å². The molecule has 4 aliphatic carbocycles. The van der Waals surface area contributed by atoms with Gasteiger partial charge >= 0.3 is 0 Å². The number of rotatable bonds is 5. The third-order valence-electron chi connectivity index (χ3n) is 9.68. The van der Waals surface area contributed by atoms with Crippen LogP contribution in [-0.2, 0) is 8.85 Å². The van der Waals surface area contributed by atoms with Crippen LogP contribution < -0.4 is 0 Å². The molecule has 178 valence electrons. The van der Waals surface area contributed by atoms with E-state index in [4.69, 9.17) is 8.85 Å². The zero-order valence-electron chi connectivity index (χ0n) is 22.0. The second-order valence-corrected chi connectivity index (χ2v) is 22.8. The molecule has 0 saturated heterocycles. The maximum Gasteiger partial charge on any atom is 0.184 e. The Bertz CT molecular complexity index is 705. The summed E-state index contributed by atoms with van der Waals surface area (Å²) in [5.41, 5.74) is 2.54. The van der Waals surface area contributed by atoms with Crippen molar-refractivity contribution in [1.29, 1.82) is 0 Å². The molecule has 31 heavy (non-hydrogen) atoms. The van der Waals surface area contributed by atoms with Gasteiger partial charge in [0.05, 0.1) is 6.10 Å². The minimum atomic E-state index is -1.60. The molecule has 0 bridgehead atoms. The van der Waals surface area contributed by atoms with Crippen molar-refractivity contribution in [3.8, 4) is 0 Å². The zero-order chi connectivity index (χ0) is 22.8. The summed E-state index contributed by atoms with van der Waals surface area (Å²) in [6, 6.07) is 0. The van der Waals surface area contributed by atoms with Crippen molar-refractivity contribution in [2.75, 3.05) is 0 Å². The fourth-order valence-electron chi connectivity index (χ4n) is 8.67. The fraction of sp³-hybridized carbons (Fsp3) is 0.926. The first kappa shape index (κ1) is 24.2. The first-order valence-corrected chi connectivity index (χ1v) is 20.2. The topological polar surface area (TPSA) is 18.5 Å². The first-order chi connectivity index (χ1) is 14.3. The molecule has 2 nitrogen and oxygen atoms in total. The van der Waals surface area contributed by atoms with E-state index in [1.807, 2.05) is 0 Å². The molecule has 0 aromatic rings. The smallest absolute Gasteiger partial charge is 0.184 e. The van der Waals surface area contributed by atoms with Crippen LogP contribution in [0.5, 0.6) is 0 Å². The van der Waals surface area contributed by atoms with Crippen molar-refractivity contribution in [1.82, 2.24) is 0 Å². The molecule has 0 spiro atoms. The van der Waals surface area contributed by atoms with Crippen LogP contribution in [0, 0.1) is 34.5 Å². The Hall–Kier alpha value is 0.0938. The van der Waals surface area contributed by atoms with Crippen LogP contribution in [-0.4, -0.2) is 28.8 Å². The summed E-state index contributed by atoms with van der Waals surface area (Å²) in [5, 5.41) is 0. The quantitative estimate of drug-likeness (QED) is 0.304. The lowest BCUT2D eigenvalue weighted by Crippen LogP contribution is -2.58. The summed E-state index contributed by atoms with van der Waals surface area (Å²) < 4.78 is 13.7. The van der Waals surface area contributed by atoms with Gasteiger partial charge in [-0.1, -0.05) is 38.8 Å². The van der Waals surface area contributed by atoms with Crippen LogP contribution in [0.1, 0.15) is 72.1 Å². The Morgan fingerprint density at radius 3 is 2.23 bits per heavy atom. The number of hydrogen-bond donors (Lipinski definition) is 0. The molecule has 8 atom stereocenters. The summed E-state index contributed by atoms with van der Waals surface area (Å²) in [6.07, 6.45) is 14.1. The second-order valence-electron chi connectivity index (χ2n) is 13.9. The molecule has 0 heterocycles. The Balaban J connectivity index is 1.69. The van der Waals surface area contributed by atoms with Crippen LogP contribution >= 0.6 is 0 Å². The molecule has 0 aromatic carbocycles. The number of allylic oxidation sites excluding steroid dienone is 1. The molecule has 3 unspecified atom stereocenters. The molecule has 0 N–H and O–H groups in total. The van der Waals surface area contributed by atoms with Crippen molar-refractivity contribution in [3.63, 3.8) is 0 Å². The van der Waals surface area contributed by atoms with E-state index in [0.29, 0.717) is 29.0 Å². The van der Waals surface area contributed by atoms with Gasteiger partial charge in [0, 0.05) is 6.10 Å². The Labute approximate surface area is 195 Å². The van der Waals surface area contributed by atoms with Gasteiger partial charge in [-0.25, -0.2) is 0 Å². The lowest BCUT2D eigenvalue weighted by atomic mass is 9.46. The average molecular weight is 463 g/mol. The highest BCUT2D eigenvalue weighted by Crippen LogP contribution is 2.67. The minimum absolute atomic E-state index is 0.318. The van der Waals surface area contributed by atoms with Gasteiger partial charge in [0.2, 0.25) is 0 Å². The second kappa shape index (κ2) is 8.10. The van der Waals surface area contributed by atoms with E-state index >= 15 is 0 Å². The van der Waals surface area contributed by atoms with Crippen molar-refractivity contribution >= 4 is 16.6 Å². The van der Waals surface area contributed by atoms with Crippen molar-refractivity contribution in [3.05, 3.63) is 11.6 Å². The molecular weight excluding hydrogens is 412 g/mol. The van der Waals surface area contributed by atoms with Crippen molar-refractivity contribution in [2.24, 2.45) is 34.5 Å².